The molecule has 1 aromatic rings. The van der Waals surface area contributed by atoms with Crippen molar-refractivity contribution < 1.29 is 9.18 Å². The van der Waals surface area contributed by atoms with Crippen LogP contribution < -0.4 is 4.90 Å². The monoisotopic (exact) mass is 341 g/mol. The average molecular weight is 342 g/mol. The third kappa shape index (κ3) is 5.80. The molecule has 0 radical (unpaired) electrons. The number of hydrogen-bond donors (Lipinski definition) is 0. The molecule has 2 nitrogen and oxygen atoms in total. The molecule has 4 heteroatoms. The molecule has 0 spiro atoms. The summed E-state index contributed by atoms with van der Waals surface area (Å²) in [6.45, 7) is 9.95. The predicted molar refractivity (Wildman–Crippen MR) is 96.7 cm³/mol. The molecule has 130 valence electrons. The molecule has 23 heavy (non-hydrogen) atoms. The number of halogens is 2. The number of carbonyl (C=O) groups excluding carboxylic acids is 1. The second kappa shape index (κ2) is 9.27. The number of carbonyl (C=O) groups is 1. The summed E-state index contributed by atoms with van der Waals surface area (Å²) in [5.74, 6) is -0.0151. The molecule has 0 heterocycles. The molecule has 0 aliphatic carbocycles. The molecule has 1 aromatic carbocycles. The van der Waals surface area contributed by atoms with Gasteiger partial charge in [0.25, 0.3) is 0 Å². The smallest absolute Gasteiger partial charge is 0.227 e. The summed E-state index contributed by atoms with van der Waals surface area (Å²) >= 11 is 6.25. The van der Waals surface area contributed by atoms with E-state index in [2.05, 4.69) is 6.92 Å². The van der Waals surface area contributed by atoms with E-state index in [0.717, 1.165) is 25.7 Å². The van der Waals surface area contributed by atoms with Crippen molar-refractivity contribution in [2.45, 2.75) is 72.8 Å². The van der Waals surface area contributed by atoms with E-state index in [1.165, 1.54) is 6.07 Å². The molecule has 1 atom stereocenters. The van der Waals surface area contributed by atoms with Gasteiger partial charge in [-0.2, -0.15) is 0 Å². The van der Waals surface area contributed by atoms with E-state index in [4.69, 9.17) is 11.6 Å². The van der Waals surface area contributed by atoms with Gasteiger partial charge in [0.15, 0.2) is 0 Å². The van der Waals surface area contributed by atoms with Crippen LogP contribution in [0, 0.1) is 18.7 Å². The highest BCUT2D eigenvalue weighted by molar-refractivity contribution is 6.33. The van der Waals surface area contributed by atoms with Crippen LogP contribution >= 0.6 is 11.6 Å². The number of anilines is 1. The highest BCUT2D eigenvalue weighted by Gasteiger charge is 2.25. The van der Waals surface area contributed by atoms with E-state index >= 15 is 0 Å². The molecule has 0 aliphatic heterocycles. The Hall–Kier alpha value is -1.09. The van der Waals surface area contributed by atoms with E-state index < -0.39 is 0 Å². The van der Waals surface area contributed by atoms with Crippen molar-refractivity contribution in [1.82, 2.24) is 0 Å². The Morgan fingerprint density at radius 1 is 1.26 bits per heavy atom. The van der Waals surface area contributed by atoms with Gasteiger partial charge in [0, 0.05) is 12.5 Å². The van der Waals surface area contributed by atoms with E-state index in [9.17, 15) is 9.18 Å². The summed E-state index contributed by atoms with van der Waals surface area (Å²) in [6.07, 6.45) is 4.74. The minimum Gasteiger partial charge on any atom is -0.308 e. The Kier molecular flexibility index (Phi) is 8.04. The first-order valence-electron chi connectivity index (χ1n) is 8.55. The quantitative estimate of drug-likeness (QED) is 0.520. The maximum atomic E-state index is 13.7. The number of hydrogen-bond acceptors (Lipinski definition) is 1. The van der Waals surface area contributed by atoms with Crippen LogP contribution in [0.3, 0.4) is 0 Å². The highest BCUT2D eigenvalue weighted by atomic mass is 35.5. The third-order valence-electron chi connectivity index (χ3n) is 4.01. The van der Waals surface area contributed by atoms with Crippen LogP contribution in [-0.2, 0) is 4.79 Å². The number of rotatable bonds is 8. The zero-order valence-corrected chi connectivity index (χ0v) is 15.7. The molecule has 1 rings (SSSR count). The molecule has 1 amide bonds. The number of unbranched alkanes of at least 4 members (excludes halogenated alkanes) is 2. The van der Waals surface area contributed by atoms with Crippen LogP contribution in [0.2, 0.25) is 5.02 Å². The zero-order valence-electron chi connectivity index (χ0n) is 15.0. The molecule has 0 saturated carbocycles. The van der Waals surface area contributed by atoms with Crippen molar-refractivity contribution in [2.24, 2.45) is 5.92 Å². The van der Waals surface area contributed by atoms with Crippen LogP contribution in [-0.4, -0.2) is 11.9 Å². The van der Waals surface area contributed by atoms with Crippen LogP contribution in [0.25, 0.3) is 0 Å². The summed E-state index contributed by atoms with van der Waals surface area (Å²) in [6, 6.07) is 3.04. The summed E-state index contributed by atoms with van der Waals surface area (Å²) in [5.41, 5.74) is 1.13. The highest BCUT2D eigenvalue weighted by Crippen LogP contribution is 2.32. The number of aryl methyl sites for hydroxylation is 1. The summed E-state index contributed by atoms with van der Waals surface area (Å²) in [4.78, 5) is 14.5. The first-order valence-corrected chi connectivity index (χ1v) is 8.93. The van der Waals surface area contributed by atoms with Crippen molar-refractivity contribution in [3.8, 4) is 0 Å². The molecule has 0 aliphatic rings. The van der Waals surface area contributed by atoms with Crippen molar-refractivity contribution in [2.75, 3.05) is 4.90 Å². The second-order valence-corrected chi connectivity index (χ2v) is 7.17. The van der Waals surface area contributed by atoms with Crippen molar-refractivity contribution in [1.29, 1.82) is 0 Å². The second-order valence-electron chi connectivity index (χ2n) is 6.76. The van der Waals surface area contributed by atoms with Gasteiger partial charge in [-0.05, 0) is 43.9 Å². The van der Waals surface area contributed by atoms with Gasteiger partial charge in [-0.15, -0.1) is 0 Å². The Balaban J connectivity index is 3.12. The summed E-state index contributed by atoms with van der Waals surface area (Å²) in [7, 11) is 0. The largest absolute Gasteiger partial charge is 0.308 e. The Morgan fingerprint density at radius 3 is 2.48 bits per heavy atom. The molecule has 0 N–H and O–H groups in total. The van der Waals surface area contributed by atoms with Gasteiger partial charge in [0.05, 0.1) is 10.7 Å². The van der Waals surface area contributed by atoms with Crippen molar-refractivity contribution >= 4 is 23.2 Å². The number of benzene rings is 1. The van der Waals surface area contributed by atoms with Gasteiger partial charge in [0.2, 0.25) is 5.91 Å². The van der Waals surface area contributed by atoms with Gasteiger partial charge in [-0.1, -0.05) is 51.6 Å². The van der Waals surface area contributed by atoms with Crippen molar-refractivity contribution in [3.05, 3.63) is 28.5 Å². The standard InChI is InChI=1S/C19H29ClFNO/c1-6-7-8-9-15(5)22(19(23)10-13(2)3)18-11-14(4)17(21)12-16(18)20/h11-13,15H,6-10H2,1-5H3. The molecule has 1 unspecified atom stereocenters. The maximum Gasteiger partial charge on any atom is 0.227 e. The molecule has 0 saturated heterocycles. The Morgan fingerprint density at radius 2 is 1.91 bits per heavy atom. The van der Waals surface area contributed by atoms with Crippen LogP contribution in [0.1, 0.15) is 65.4 Å². The zero-order chi connectivity index (χ0) is 17.6. The predicted octanol–water partition coefficient (Wildman–Crippen LogP) is 6.14. The summed E-state index contributed by atoms with van der Waals surface area (Å²) in [5, 5.41) is 0.299. The molecular weight excluding hydrogens is 313 g/mol. The molecule has 0 aromatic heterocycles. The minimum atomic E-state index is -0.339. The van der Waals surface area contributed by atoms with Crippen LogP contribution in [0.4, 0.5) is 10.1 Å². The van der Waals surface area contributed by atoms with Gasteiger partial charge in [0.1, 0.15) is 5.82 Å². The molecule has 0 bridgehead atoms. The normalized spacial score (nSPS) is 12.5. The summed E-state index contributed by atoms with van der Waals surface area (Å²) < 4.78 is 13.7. The van der Waals surface area contributed by atoms with Gasteiger partial charge in [-0.3, -0.25) is 4.79 Å². The van der Waals surface area contributed by atoms with Crippen molar-refractivity contribution in [3.63, 3.8) is 0 Å². The minimum absolute atomic E-state index is 0.0511. The van der Waals surface area contributed by atoms with Gasteiger partial charge >= 0.3 is 0 Å². The Labute approximate surface area is 145 Å². The van der Waals surface area contributed by atoms with E-state index in [-0.39, 0.29) is 23.7 Å². The first kappa shape index (κ1) is 20.0. The van der Waals surface area contributed by atoms with Gasteiger partial charge < -0.3 is 4.90 Å². The lowest BCUT2D eigenvalue weighted by atomic mass is 10.0. The Bertz CT molecular complexity index is 530. The molecule has 0 fully saturated rings. The SMILES string of the molecule is CCCCCC(C)N(C(=O)CC(C)C)c1cc(C)c(F)cc1Cl. The lowest BCUT2D eigenvalue weighted by Crippen LogP contribution is -2.39. The first-order chi connectivity index (χ1) is 10.8. The lowest BCUT2D eigenvalue weighted by Gasteiger charge is -2.31. The lowest BCUT2D eigenvalue weighted by molar-refractivity contribution is -0.119. The fourth-order valence-corrected chi connectivity index (χ4v) is 2.95. The third-order valence-corrected chi connectivity index (χ3v) is 4.31. The average Bonchev–Trinajstić information content (AvgIpc) is 2.44. The maximum absolute atomic E-state index is 13.7. The fraction of sp³-hybridized carbons (Fsp3) is 0.632. The van der Waals surface area contributed by atoms with E-state index in [1.807, 2.05) is 20.8 Å². The topological polar surface area (TPSA) is 20.3 Å². The van der Waals surface area contributed by atoms with Crippen LogP contribution in [0.15, 0.2) is 12.1 Å². The fourth-order valence-electron chi connectivity index (χ4n) is 2.71. The molecular formula is C19H29ClFNO. The van der Waals surface area contributed by atoms with Crippen LogP contribution in [0.5, 0.6) is 0 Å². The number of nitrogens with zero attached hydrogens (tertiary/aromatic N) is 1. The van der Waals surface area contributed by atoms with E-state index in [0.29, 0.717) is 22.7 Å². The number of amides is 1. The van der Waals surface area contributed by atoms with Gasteiger partial charge in [-0.25, -0.2) is 4.39 Å². The van der Waals surface area contributed by atoms with E-state index in [1.54, 1.807) is 17.9 Å².